The molecule has 0 saturated heterocycles. The van der Waals surface area contributed by atoms with E-state index in [1.165, 1.54) is 12.8 Å². The summed E-state index contributed by atoms with van der Waals surface area (Å²) in [5, 5.41) is 0. The van der Waals surface area contributed by atoms with Crippen molar-refractivity contribution in [3.63, 3.8) is 0 Å². The van der Waals surface area contributed by atoms with Gasteiger partial charge in [-0.2, -0.15) is 0 Å². The highest BCUT2D eigenvalue weighted by atomic mass is 35.5. The molecule has 1 unspecified atom stereocenters. The highest BCUT2D eigenvalue weighted by Gasteiger charge is 2.22. The quantitative estimate of drug-likeness (QED) is 0.737. The smallest absolute Gasteiger partial charge is 0.248 e. The average molecular weight is 237 g/mol. The lowest BCUT2D eigenvalue weighted by atomic mass is 10.3. The topological polar surface area (TPSA) is 55.6 Å². The molecule has 1 saturated carbocycles. The lowest BCUT2D eigenvalue weighted by Crippen LogP contribution is -2.41. The number of nitrogens with two attached hydrogens (primary N) is 1. The van der Waals surface area contributed by atoms with Crippen LogP contribution in [0.5, 0.6) is 0 Å². The van der Waals surface area contributed by atoms with E-state index < -0.39 is 0 Å². The number of hydrogen-bond acceptors (Lipinski definition) is 3. The summed E-state index contributed by atoms with van der Waals surface area (Å²) in [5.74, 6) is 0.726. The predicted octanol–water partition coefficient (Wildman–Crippen LogP) is 0.640. The van der Waals surface area contributed by atoms with Crippen molar-refractivity contribution in [3.8, 4) is 0 Å². The van der Waals surface area contributed by atoms with E-state index in [-0.39, 0.29) is 31.0 Å². The number of likely N-dealkylation sites (N-methyl/N-ethyl adjacent to an activating group) is 1. The third-order valence-corrected chi connectivity index (χ3v) is 2.67. The fraction of sp³-hybridized carbons (Fsp3) is 0.900. The zero-order chi connectivity index (χ0) is 10.6. The van der Waals surface area contributed by atoms with Gasteiger partial charge in [-0.15, -0.1) is 12.4 Å². The monoisotopic (exact) mass is 236 g/mol. The van der Waals surface area contributed by atoms with Crippen LogP contribution in [0.4, 0.5) is 0 Å². The van der Waals surface area contributed by atoms with Gasteiger partial charge in [-0.3, -0.25) is 4.79 Å². The molecule has 90 valence electrons. The van der Waals surface area contributed by atoms with Gasteiger partial charge in [0.1, 0.15) is 6.61 Å². The third kappa shape index (κ3) is 5.35. The van der Waals surface area contributed by atoms with E-state index in [4.69, 9.17) is 10.5 Å². The largest absolute Gasteiger partial charge is 0.371 e. The normalized spacial score (nSPS) is 16.7. The van der Waals surface area contributed by atoms with Crippen LogP contribution in [0, 0.1) is 5.92 Å². The minimum atomic E-state index is 0. The molecule has 4 nitrogen and oxygen atoms in total. The van der Waals surface area contributed by atoms with Gasteiger partial charge in [0, 0.05) is 19.6 Å². The second-order valence-electron chi connectivity index (χ2n) is 4.05. The zero-order valence-electron chi connectivity index (χ0n) is 9.44. The summed E-state index contributed by atoms with van der Waals surface area (Å²) >= 11 is 0. The third-order valence-electron chi connectivity index (χ3n) is 2.67. The summed E-state index contributed by atoms with van der Waals surface area (Å²) in [5.41, 5.74) is 5.46. The van der Waals surface area contributed by atoms with Crippen LogP contribution in [0.1, 0.15) is 19.8 Å². The van der Waals surface area contributed by atoms with Crippen molar-refractivity contribution in [2.75, 3.05) is 26.8 Å². The van der Waals surface area contributed by atoms with Crippen molar-refractivity contribution >= 4 is 18.3 Å². The number of amides is 1. The van der Waals surface area contributed by atoms with Crippen molar-refractivity contribution in [2.24, 2.45) is 11.7 Å². The van der Waals surface area contributed by atoms with Crippen molar-refractivity contribution in [1.82, 2.24) is 4.90 Å². The molecule has 0 spiro atoms. The molecule has 0 aromatic heterocycles. The number of carbonyl (C=O) groups excluding carboxylic acids is 1. The minimum Gasteiger partial charge on any atom is -0.371 e. The van der Waals surface area contributed by atoms with Crippen LogP contribution in [0.15, 0.2) is 0 Å². The molecule has 2 N–H and O–H groups in total. The Hall–Kier alpha value is -0.320. The van der Waals surface area contributed by atoms with E-state index in [9.17, 15) is 4.79 Å². The van der Waals surface area contributed by atoms with E-state index in [0.29, 0.717) is 12.5 Å². The van der Waals surface area contributed by atoms with Crippen LogP contribution < -0.4 is 5.73 Å². The van der Waals surface area contributed by atoms with Gasteiger partial charge in [-0.25, -0.2) is 0 Å². The molecular formula is C10H21ClN2O2. The van der Waals surface area contributed by atoms with Crippen LogP contribution in [-0.2, 0) is 9.53 Å². The fourth-order valence-corrected chi connectivity index (χ4v) is 1.10. The number of rotatable bonds is 6. The van der Waals surface area contributed by atoms with Crippen molar-refractivity contribution in [3.05, 3.63) is 0 Å². The Morgan fingerprint density at radius 3 is 2.67 bits per heavy atom. The molecule has 15 heavy (non-hydrogen) atoms. The first-order chi connectivity index (χ1) is 6.65. The molecule has 0 heterocycles. The van der Waals surface area contributed by atoms with Gasteiger partial charge in [0.05, 0.1) is 6.61 Å². The summed E-state index contributed by atoms with van der Waals surface area (Å²) in [7, 11) is 1.76. The van der Waals surface area contributed by atoms with Gasteiger partial charge < -0.3 is 15.4 Å². The predicted molar refractivity (Wildman–Crippen MR) is 62.1 cm³/mol. The van der Waals surface area contributed by atoms with Gasteiger partial charge in [0.25, 0.3) is 0 Å². The second-order valence-corrected chi connectivity index (χ2v) is 4.05. The Labute approximate surface area is 97.5 Å². The molecule has 1 rings (SSSR count). The Kier molecular flexibility index (Phi) is 6.89. The van der Waals surface area contributed by atoms with Crippen LogP contribution >= 0.6 is 12.4 Å². The number of carbonyl (C=O) groups is 1. The first kappa shape index (κ1) is 14.7. The van der Waals surface area contributed by atoms with E-state index in [1.54, 1.807) is 11.9 Å². The number of hydrogen-bond donors (Lipinski definition) is 1. The van der Waals surface area contributed by atoms with E-state index in [2.05, 4.69) is 0 Å². The molecule has 0 bridgehead atoms. The summed E-state index contributed by atoms with van der Waals surface area (Å²) in [6, 6.07) is 0.0898. The molecule has 1 atom stereocenters. The molecule has 1 fully saturated rings. The molecule has 0 aromatic carbocycles. The first-order valence-electron chi connectivity index (χ1n) is 5.18. The standard InChI is InChI=1S/C10H20N2O2.ClH/c1-8(5-11)12(2)10(13)7-14-6-9-3-4-9;/h8-9H,3-7,11H2,1-2H3;1H. The van der Waals surface area contributed by atoms with Crippen LogP contribution in [-0.4, -0.2) is 43.7 Å². The summed E-state index contributed by atoms with van der Waals surface area (Å²) in [4.78, 5) is 13.1. The Bertz CT molecular complexity index is 198. The van der Waals surface area contributed by atoms with E-state index in [0.717, 1.165) is 6.61 Å². The summed E-state index contributed by atoms with van der Waals surface area (Å²) in [6.45, 7) is 3.34. The Morgan fingerprint density at radius 2 is 2.20 bits per heavy atom. The van der Waals surface area contributed by atoms with Gasteiger partial charge >= 0.3 is 0 Å². The maximum Gasteiger partial charge on any atom is 0.248 e. The molecule has 5 heteroatoms. The van der Waals surface area contributed by atoms with E-state index in [1.807, 2.05) is 6.92 Å². The maximum atomic E-state index is 11.5. The minimum absolute atomic E-state index is 0. The van der Waals surface area contributed by atoms with E-state index >= 15 is 0 Å². The highest BCUT2D eigenvalue weighted by molar-refractivity contribution is 5.85. The SMILES string of the molecule is CC(CN)N(C)C(=O)COCC1CC1.Cl. The Balaban J connectivity index is 0.00000196. The van der Waals surface area contributed by atoms with Gasteiger partial charge in [-0.05, 0) is 25.7 Å². The van der Waals surface area contributed by atoms with Crippen molar-refractivity contribution < 1.29 is 9.53 Å². The molecular weight excluding hydrogens is 216 g/mol. The number of ether oxygens (including phenoxy) is 1. The van der Waals surface area contributed by atoms with Crippen LogP contribution in [0.3, 0.4) is 0 Å². The van der Waals surface area contributed by atoms with Crippen molar-refractivity contribution in [1.29, 1.82) is 0 Å². The van der Waals surface area contributed by atoms with Crippen molar-refractivity contribution in [2.45, 2.75) is 25.8 Å². The van der Waals surface area contributed by atoms with Gasteiger partial charge in [0.15, 0.2) is 0 Å². The second kappa shape index (κ2) is 7.04. The van der Waals surface area contributed by atoms with Gasteiger partial charge in [-0.1, -0.05) is 0 Å². The summed E-state index contributed by atoms with van der Waals surface area (Å²) < 4.78 is 5.30. The molecule has 1 amide bonds. The number of nitrogens with zero attached hydrogens (tertiary/aromatic N) is 1. The molecule has 0 aromatic rings. The maximum absolute atomic E-state index is 11.5. The van der Waals surface area contributed by atoms with Gasteiger partial charge in [0.2, 0.25) is 5.91 Å². The Morgan fingerprint density at radius 1 is 1.60 bits per heavy atom. The highest BCUT2D eigenvalue weighted by Crippen LogP contribution is 2.28. The lowest BCUT2D eigenvalue weighted by molar-refractivity contribution is -0.136. The zero-order valence-corrected chi connectivity index (χ0v) is 10.3. The van der Waals surface area contributed by atoms with Crippen LogP contribution in [0.2, 0.25) is 0 Å². The molecule has 0 radical (unpaired) electrons. The fourth-order valence-electron chi connectivity index (χ4n) is 1.10. The average Bonchev–Trinajstić information content (AvgIpc) is 2.99. The molecule has 1 aliphatic rings. The lowest BCUT2D eigenvalue weighted by Gasteiger charge is -2.23. The van der Waals surface area contributed by atoms with Crippen LogP contribution in [0.25, 0.3) is 0 Å². The molecule has 0 aliphatic heterocycles. The molecule has 1 aliphatic carbocycles. The first-order valence-corrected chi connectivity index (χ1v) is 5.18. The summed E-state index contributed by atoms with van der Waals surface area (Å²) in [6.07, 6.45) is 2.51. The number of halogens is 1.